The van der Waals surface area contributed by atoms with Crippen LogP contribution in [0.3, 0.4) is 0 Å². The molecule has 0 heterocycles. The van der Waals surface area contributed by atoms with Crippen molar-refractivity contribution in [2.75, 3.05) is 12.3 Å². The third kappa shape index (κ3) is 5.57. The third-order valence-electron chi connectivity index (χ3n) is 2.14. The van der Waals surface area contributed by atoms with E-state index < -0.39 is 10.0 Å². The summed E-state index contributed by atoms with van der Waals surface area (Å²) in [6.45, 7) is 8.04. The zero-order valence-electron chi connectivity index (χ0n) is 9.45. The fourth-order valence-corrected chi connectivity index (χ4v) is 2.86. The highest BCUT2D eigenvalue weighted by molar-refractivity contribution is 7.89. The third-order valence-corrected chi connectivity index (χ3v) is 3.98. The number of sulfonamides is 1. The highest BCUT2D eigenvalue weighted by Gasteiger charge is 2.19. The van der Waals surface area contributed by atoms with Crippen LogP contribution in [0.5, 0.6) is 0 Å². The summed E-state index contributed by atoms with van der Waals surface area (Å²) in [6.07, 6.45) is 0. The molecule has 0 bridgehead atoms. The quantitative estimate of drug-likeness (QED) is 0.689. The average molecular weight is 222 g/mol. The molecule has 14 heavy (non-hydrogen) atoms. The van der Waals surface area contributed by atoms with Crippen LogP contribution in [0.4, 0.5) is 0 Å². The summed E-state index contributed by atoms with van der Waals surface area (Å²) in [5, 5.41) is 0. The molecule has 0 aromatic heterocycles. The van der Waals surface area contributed by atoms with E-state index in [2.05, 4.69) is 4.72 Å². The number of nitrogens with one attached hydrogen (secondary N) is 1. The molecule has 0 aromatic rings. The van der Waals surface area contributed by atoms with Gasteiger partial charge in [-0.1, -0.05) is 20.8 Å². The summed E-state index contributed by atoms with van der Waals surface area (Å²) >= 11 is 0. The molecule has 4 nitrogen and oxygen atoms in total. The fraction of sp³-hybridized carbons (Fsp3) is 1.00. The Morgan fingerprint density at radius 2 is 1.71 bits per heavy atom. The molecule has 2 atom stereocenters. The first-order valence-electron chi connectivity index (χ1n) is 4.98. The Morgan fingerprint density at radius 3 is 2.07 bits per heavy atom. The second kappa shape index (κ2) is 5.68. The van der Waals surface area contributed by atoms with Crippen LogP contribution >= 0.6 is 0 Å². The van der Waals surface area contributed by atoms with Gasteiger partial charge in [0.1, 0.15) is 0 Å². The zero-order valence-corrected chi connectivity index (χ0v) is 10.3. The van der Waals surface area contributed by atoms with Crippen LogP contribution in [0.15, 0.2) is 0 Å². The van der Waals surface area contributed by atoms with Crippen molar-refractivity contribution in [2.45, 2.75) is 33.7 Å². The lowest BCUT2D eigenvalue weighted by atomic mass is 10.1. The maximum absolute atomic E-state index is 11.5. The standard InChI is InChI=1S/C9H22N2O2S/c1-7(2)6-14(12,13)11-9(4)8(3)5-10/h7-9,11H,5-6,10H2,1-4H3. The molecule has 0 aromatic carbocycles. The van der Waals surface area contributed by atoms with Crippen LogP contribution in [-0.4, -0.2) is 26.8 Å². The number of nitrogens with two attached hydrogens (primary N) is 1. The Bertz CT molecular complexity index is 250. The highest BCUT2D eigenvalue weighted by Crippen LogP contribution is 2.04. The van der Waals surface area contributed by atoms with Gasteiger partial charge < -0.3 is 5.73 Å². The number of rotatable bonds is 6. The van der Waals surface area contributed by atoms with Crippen LogP contribution in [-0.2, 0) is 10.0 Å². The fourth-order valence-electron chi connectivity index (χ4n) is 1.09. The maximum Gasteiger partial charge on any atom is 0.212 e. The molecule has 0 saturated carbocycles. The molecule has 0 amide bonds. The molecule has 0 saturated heterocycles. The second-order valence-corrected chi connectivity index (χ2v) is 6.09. The van der Waals surface area contributed by atoms with Gasteiger partial charge in [-0.2, -0.15) is 0 Å². The minimum Gasteiger partial charge on any atom is -0.330 e. The van der Waals surface area contributed by atoms with E-state index in [9.17, 15) is 8.42 Å². The molecule has 0 rings (SSSR count). The van der Waals surface area contributed by atoms with Gasteiger partial charge in [-0.3, -0.25) is 0 Å². The number of hydrogen-bond donors (Lipinski definition) is 2. The molecular weight excluding hydrogens is 200 g/mol. The second-order valence-electron chi connectivity index (χ2n) is 4.29. The predicted molar refractivity (Wildman–Crippen MR) is 59.4 cm³/mol. The molecule has 5 heteroatoms. The van der Waals surface area contributed by atoms with Crippen LogP contribution in [0, 0.1) is 11.8 Å². The van der Waals surface area contributed by atoms with Gasteiger partial charge >= 0.3 is 0 Å². The Morgan fingerprint density at radius 1 is 1.21 bits per heavy atom. The first-order valence-corrected chi connectivity index (χ1v) is 6.63. The topological polar surface area (TPSA) is 72.2 Å². The van der Waals surface area contributed by atoms with Gasteiger partial charge in [-0.25, -0.2) is 13.1 Å². The minimum absolute atomic E-state index is 0.0938. The van der Waals surface area contributed by atoms with Gasteiger partial charge in [-0.05, 0) is 25.3 Å². The van der Waals surface area contributed by atoms with E-state index in [4.69, 9.17) is 5.73 Å². The van der Waals surface area contributed by atoms with Crippen LogP contribution in [0.1, 0.15) is 27.7 Å². The van der Waals surface area contributed by atoms with Crippen molar-refractivity contribution < 1.29 is 8.42 Å². The van der Waals surface area contributed by atoms with E-state index in [-0.39, 0.29) is 23.6 Å². The molecule has 0 spiro atoms. The van der Waals surface area contributed by atoms with E-state index in [0.29, 0.717) is 6.54 Å². The summed E-state index contributed by atoms with van der Waals surface area (Å²) in [4.78, 5) is 0. The molecule has 2 unspecified atom stereocenters. The van der Waals surface area contributed by atoms with Crippen molar-refractivity contribution in [3.63, 3.8) is 0 Å². The lowest BCUT2D eigenvalue weighted by Gasteiger charge is -2.20. The molecule has 0 fully saturated rings. The lowest BCUT2D eigenvalue weighted by Crippen LogP contribution is -2.41. The number of hydrogen-bond acceptors (Lipinski definition) is 3. The Kier molecular flexibility index (Phi) is 5.63. The zero-order chi connectivity index (χ0) is 11.4. The van der Waals surface area contributed by atoms with Crippen molar-refractivity contribution >= 4 is 10.0 Å². The van der Waals surface area contributed by atoms with Crippen molar-refractivity contribution in [3.8, 4) is 0 Å². The largest absolute Gasteiger partial charge is 0.330 e. The first kappa shape index (κ1) is 13.9. The molecule has 0 aliphatic carbocycles. The molecule has 3 N–H and O–H groups in total. The van der Waals surface area contributed by atoms with Crippen molar-refractivity contribution in [1.82, 2.24) is 4.72 Å². The molecule has 0 radical (unpaired) electrons. The van der Waals surface area contributed by atoms with Crippen LogP contribution in [0.2, 0.25) is 0 Å². The van der Waals surface area contributed by atoms with Gasteiger partial charge in [0, 0.05) is 6.04 Å². The summed E-state index contributed by atoms with van der Waals surface area (Å²) in [7, 11) is -3.14. The van der Waals surface area contributed by atoms with E-state index >= 15 is 0 Å². The maximum atomic E-state index is 11.5. The molecule has 0 aliphatic heterocycles. The average Bonchev–Trinajstić information content (AvgIpc) is 1.99. The normalized spacial score (nSPS) is 17.0. The summed E-state index contributed by atoms with van der Waals surface area (Å²) < 4.78 is 25.7. The van der Waals surface area contributed by atoms with Gasteiger partial charge in [-0.15, -0.1) is 0 Å². The first-order chi connectivity index (χ1) is 6.28. The van der Waals surface area contributed by atoms with E-state index in [1.807, 2.05) is 27.7 Å². The Hall–Kier alpha value is -0.130. The molecular formula is C9H22N2O2S. The van der Waals surface area contributed by atoms with Gasteiger partial charge in [0.2, 0.25) is 10.0 Å². The van der Waals surface area contributed by atoms with Gasteiger partial charge in [0.05, 0.1) is 5.75 Å². The molecule has 86 valence electrons. The van der Waals surface area contributed by atoms with E-state index in [1.165, 1.54) is 0 Å². The smallest absolute Gasteiger partial charge is 0.212 e. The summed E-state index contributed by atoms with van der Waals surface area (Å²) in [6, 6.07) is -0.0938. The minimum atomic E-state index is -3.14. The summed E-state index contributed by atoms with van der Waals surface area (Å²) in [5.41, 5.74) is 5.46. The molecule has 0 aliphatic rings. The highest BCUT2D eigenvalue weighted by atomic mass is 32.2. The van der Waals surface area contributed by atoms with Gasteiger partial charge in [0.15, 0.2) is 0 Å². The monoisotopic (exact) mass is 222 g/mol. The van der Waals surface area contributed by atoms with E-state index in [0.717, 1.165) is 0 Å². The Labute approximate surface area is 87.3 Å². The van der Waals surface area contributed by atoms with Crippen molar-refractivity contribution in [3.05, 3.63) is 0 Å². The predicted octanol–water partition coefficient (Wildman–Crippen LogP) is 0.545. The van der Waals surface area contributed by atoms with E-state index in [1.54, 1.807) is 0 Å². The summed E-state index contributed by atoms with van der Waals surface area (Å²) in [5.74, 6) is 0.485. The van der Waals surface area contributed by atoms with Crippen molar-refractivity contribution in [1.29, 1.82) is 0 Å². The lowest BCUT2D eigenvalue weighted by molar-refractivity contribution is 0.451. The van der Waals surface area contributed by atoms with Crippen LogP contribution in [0.25, 0.3) is 0 Å². The van der Waals surface area contributed by atoms with Crippen LogP contribution < -0.4 is 10.5 Å². The Balaban J connectivity index is 4.22. The van der Waals surface area contributed by atoms with Gasteiger partial charge in [0.25, 0.3) is 0 Å². The SMILES string of the molecule is CC(C)CS(=O)(=O)NC(C)C(C)CN. The van der Waals surface area contributed by atoms with Crippen molar-refractivity contribution in [2.24, 2.45) is 17.6 Å².